The van der Waals surface area contributed by atoms with Crippen LogP contribution in [-0.2, 0) is 17.6 Å². The molecular weight excluding hydrogens is 201 g/mol. The molecule has 0 radical (unpaired) electrons. The number of nitrogens with zero attached hydrogens (tertiary/aromatic N) is 1. The summed E-state index contributed by atoms with van der Waals surface area (Å²) in [6, 6.07) is 5.03. The third-order valence-corrected chi connectivity index (χ3v) is 2.07. The van der Waals surface area contributed by atoms with Gasteiger partial charge in [-0.05, 0) is 17.5 Å². The fourth-order valence-corrected chi connectivity index (χ4v) is 1.42. The number of hydrogen-bond acceptors (Lipinski definition) is 3. The largest absolute Gasteiger partial charge is 0.361 e. The van der Waals surface area contributed by atoms with E-state index in [2.05, 4.69) is 9.47 Å². The van der Waals surface area contributed by atoms with Gasteiger partial charge in [-0.25, -0.2) is 0 Å². The first-order valence-corrected chi connectivity index (χ1v) is 4.73. The Morgan fingerprint density at radius 3 is 2.57 bits per heavy atom. The van der Waals surface area contributed by atoms with E-state index in [1.807, 2.05) is 13.0 Å². The molecule has 0 aromatic heterocycles. The van der Waals surface area contributed by atoms with E-state index in [0.717, 1.165) is 17.5 Å². The van der Waals surface area contributed by atoms with Gasteiger partial charge in [-0.2, -0.15) is 0 Å². The molecule has 1 rings (SSSR count). The van der Waals surface area contributed by atoms with Crippen molar-refractivity contribution in [3.05, 3.63) is 39.4 Å². The maximum Gasteiger partial charge on any atom is 0.270 e. The number of aryl methyl sites for hydroxylation is 1. The standard InChI is InChI=1S/C9H12NO3P/c1-2-7-3-8(6-13-14)5-9(4-7)10(11)12/h3-5H,2,6,14H2,1H3. The second kappa shape index (κ2) is 5.03. The van der Waals surface area contributed by atoms with Crippen molar-refractivity contribution < 1.29 is 9.45 Å². The van der Waals surface area contributed by atoms with Crippen LogP contribution in [0.25, 0.3) is 0 Å². The second-order valence-corrected chi connectivity index (χ2v) is 3.26. The fraction of sp³-hybridized carbons (Fsp3) is 0.333. The van der Waals surface area contributed by atoms with E-state index in [1.165, 1.54) is 6.07 Å². The summed E-state index contributed by atoms with van der Waals surface area (Å²) < 4.78 is 4.86. The van der Waals surface area contributed by atoms with Crippen molar-refractivity contribution in [2.75, 3.05) is 0 Å². The molecule has 0 saturated carbocycles. The molecule has 0 heterocycles. The Morgan fingerprint density at radius 1 is 1.43 bits per heavy atom. The molecule has 1 aromatic carbocycles. The van der Waals surface area contributed by atoms with Crippen LogP contribution in [0, 0.1) is 10.1 Å². The molecule has 0 spiro atoms. The number of hydrogen-bond donors (Lipinski definition) is 0. The predicted molar refractivity (Wildman–Crippen MR) is 57.0 cm³/mol. The van der Waals surface area contributed by atoms with Gasteiger partial charge in [0.15, 0.2) is 0 Å². The third kappa shape index (κ3) is 2.76. The van der Waals surface area contributed by atoms with Crippen LogP contribution in [0.5, 0.6) is 0 Å². The van der Waals surface area contributed by atoms with Crippen LogP contribution < -0.4 is 0 Å². The van der Waals surface area contributed by atoms with Crippen LogP contribution in [0.4, 0.5) is 5.69 Å². The predicted octanol–water partition coefficient (Wildman–Crippen LogP) is 2.46. The summed E-state index contributed by atoms with van der Waals surface area (Å²) in [5, 5.41) is 10.6. The molecule has 0 fully saturated rings. The maximum absolute atomic E-state index is 10.6. The summed E-state index contributed by atoms with van der Waals surface area (Å²) in [6.45, 7) is 2.34. The van der Waals surface area contributed by atoms with Gasteiger partial charge in [-0.3, -0.25) is 10.1 Å². The molecule has 0 aliphatic rings. The average Bonchev–Trinajstić information content (AvgIpc) is 2.17. The molecule has 0 saturated heterocycles. The molecule has 0 aliphatic heterocycles. The fourth-order valence-electron chi connectivity index (χ4n) is 1.23. The highest BCUT2D eigenvalue weighted by molar-refractivity contribution is 7.09. The molecule has 0 amide bonds. The molecule has 76 valence electrons. The highest BCUT2D eigenvalue weighted by Crippen LogP contribution is 2.18. The molecule has 1 atom stereocenters. The monoisotopic (exact) mass is 213 g/mol. The van der Waals surface area contributed by atoms with Crippen LogP contribution in [0.1, 0.15) is 18.1 Å². The van der Waals surface area contributed by atoms with Gasteiger partial charge in [0.2, 0.25) is 0 Å². The molecule has 14 heavy (non-hydrogen) atoms. The van der Waals surface area contributed by atoms with Crippen molar-refractivity contribution in [2.45, 2.75) is 20.0 Å². The molecule has 5 heteroatoms. The van der Waals surface area contributed by atoms with Gasteiger partial charge in [0.1, 0.15) is 0 Å². The summed E-state index contributed by atoms with van der Waals surface area (Å²) >= 11 is 0. The van der Waals surface area contributed by atoms with Crippen molar-refractivity contribution >= 4 is 15.2 Å². The number of non-ortho nitro benzene ring substituents is 1. The normalized spacial score (nSPS) is 10.1. The van der Waals surface area contributed by atoms with Crippen LogP contribution in [-0.4, -0.2) is 4.92 Å². The zero-order chi connectivity index (χ0) is 10.6. The minimum absolute atomic E-state index is 0.126. The van der Waals surface area contributed by atoms with Crippen molar-refractivity contribution in [3.8, 4) is 0 Å². The Morgan fingerprint density at radius 2 is 2.07 bits per heavy atom. The summed E-state index contributed by atoms with van der Waals surface area (Å²) in [5.41, 5.74) is 1.91. The van der Waals surface area contributed by atoms with Crippen LogP contribution in [0.2, 0.25) is 0 Å². The summed E-state index contributed by atoms with van der Waals surface area (Å²) in [5.74, 6) is 0. The van der Waals surface area contributed by atoms with E-state index in [9.17, 15) is 10.1 Å². The summed E-state index contributed by atoms with van der Waals surface area (Å²) in [4.78, 5) is 10.2. The number of nitro benzene ring substituents is 1. The Balaban J connectivity index is 3.06. The molecule has 1 aromatic rings. The zero-order valence-electron chi connectivity index (χ0n) is 7.90. The lowest BCUT2D eigenvalue weighted by Crippen LogP contribution is -1.94. The average molecular weight is 213 g/mol. The van der Waals surface area contributed by atoms with E-state index in [0.29, 0.717) is 6.61 Å². The zero-order valence-corrected chi connectivity index (χ0v) is 9.05. The Labute approximate surface area is 84.7 Å². The van der Waals surface area contributed by atoms with E-state index >= 15 is 0 Å². The lowest BCUT2D eigenvalue weighted by atomic mass is 10.1. The Bertz CT molecular complexity index is 341. The van der Waals surface area contributed by atoms with Gasteiger partial charge >= 0.3 is 0 Å². The van der Waals surface area contributed by atoms with Gasteiger partial charge in [0.05, 0.1) is 11.5 Å². The smallest absolute Gasteiger partial charge is 0.270 e. The molecule has 0 aliphatic carbocycles. The van der Waals surface area contributed by atoms with E-state index < -0.39 is 0 Å². The molecule has 1 unspecified atom stereocenters. The van der Waals surface area contributed by atoms with E-state index in [4.69, 9.17) is 4.52 Å². The Hall–Kier alpha value is -0.990. The second-order valence-electron chi connectivity index (χ2n) is 2.93. The highest BCUT2D eigenvalue weighted by atomic mass is 31.0. The third-order valence-electron chi connectivity index (χ3n) is 1.91. The van der Waals surface area contributed by atoms with Crippen LogP contribution in [0.15, 0.2) is 18.2 Å². The SMILES string of the molecule is CCc1cc(COP)cc([N+](=O)[O-])c1. The minimum Gasteiger partial charge on any atom is -0.361 e. The van der Waals surface area contributed by atoms with Gasteiger partial charge in [-0.1, -0.05) is 13.0 Å². The van der Waals surface area contributed by atoms with Gasteiger partial charge in [-0.15, -0.1) is 0 Å². The number of rotatable bonds is 4. The number of benzene rings is 1. The Kier molecular flexibility index (Phi) is 3.98. The van der Waals surface area contributed by atoms with Gasteiger partial charge in [0, 0.05) is 21.6 Å². The van der Waals surface area contributed by atoms with E-state index in [-0.39, 0.29) is 10.6 Å². The maximum atomic E-state index is 10.6. The highest BCUT2D eigenvalue weighted by Gasteiger charge is 2.08. The van der Waals surface area contributed by atoms with E-state index in [1.54, 1.807) is 6.07 Å². The first kappa shape index (κ1) is 11.1. The molecule has 0 bridgehead atoms. The van der Waals surface area contributed by atoms with Crippen molar-refractivity contribution in [2.24, 2.45) is 0 Å². The topological polar surface area (TPSA) is 52.4 Å². The van der Waals surface area contributed by atoms with Crippen molar-refractivity contribution in [1.29, 1.82) is 0 Å². The summed E-state index contributed by atoms with van der Waals surface area (Å²) in [6.07, 6.45) is 0.783. The first-order valence-electron chi connectivity index (χ1n) is 4.26. The quantitative estimate of drug-likeness (QED) is 0.438. The van der Waals surface area contributed by atoms with Crippen LogP contribution >= 0.6 is 9.47 Å². The number of nitro groups is 1. The van der Waals surface area contributed by atoms with Gasteiger partial charge in [0.25, 0.3) is 5.69 Å². The van der Waals surface area contributed by atoms with Crippen molar-refractivity contribution in [1.82, 2.24) is 0 Å². The van der Waals surface area contributed by atoms with Gasteiger partial charge < -0.3 is 4.52 Å². The first-order chi connectivity index (χ1) is 6.67. The summed E-state index contributed by atoms with van der Waals surface area (Å²) in [7, 11) is 2.13. The lowest BCUT2D eigenvalue weighted by molar-refractivity contribution is -0.385. The molecule has 4 nitrogen and oxygen atoms in total. The molecular formula is C9H12NO3P. The molecule has 0 N–H and O–H groups in total. The van der Waals surface area contributed by atoms with Crippen LogP contribution in [0.3, 0.4) is 0 Å². The lowest BCUT2D eigenvalue weighted by Gasteiger charge is -2.02. The minimum atomic E-state index is -0.383. The van der Waals surface area contributed by atoms with Crippen molar-refractivity contribution in [3.63, 3.8) is 0 Å².